The predicted molar refractivity (Wildman–Crippen MR) is 113 cm³/mol. The number of likely N-dealkylation sites (tertiary alicyclic amines) is 1. The van der Waals surface area contributed by atoms with Gasteiger partial charge in [0.2, 0.25) is 5.91 Å². The minimum Gasteiger partial charge on any atom is -0.348 e. The SMILES string of the molecule is CC(C)[C@H](NC(=O)C1CCN(C(=O)c2ccc(Br)cc2)CC1)c1cccs1. The Balaban J connectivity index is 1.56. The number of amides is 2. The summed E-state index contributed by atoms with van der Waals surface area (Å²) >= 11 is 5.07. The van der Waals surface area contributed by atoms with Gasteiger partial charge in [-0.2, -0.15) is 0 Å². The molecule has 0 bridgehead atoms. The summed E-state index contributed by atoms with van der Waals surface area (Å²) in [6.07, 6.45) is 1.42. The summed E-state index contributed by atoms with van der Waals surface area (Å²) in [7, 11) is 0. The van der Waals surface area contributed by atoms with E-state index in [1.807, 2.05) is 40.6 Å². The molecular formula is C21H25BrN2O2S. The Hall–Kier alpha value is -1.66. The molecule has 2 heterocycles. The van der Waals surface area contributed by atoms with Gasteiger partial charge in [-0.25, -0.2) is 0 Å². The molecule has 1 atom stereocenters. The summed E-state index contributed by atoms with van der Waals surface area (Å²) in [6, 6.07) is 11.6. The first-order valence-electron chi connectivity index (χ1n) is 9.34. The van der Waals surface area contributed by atoms with E-state index in [0.717, 1.165) is 4.47 Å². The summed E-state index contributed by atoms with van der Waals surface area (Å²) in [5.74, 6) is 0.463. The molecule has 6 heteroatoms. The smallest absolute Gasteiger partial charge is 0.253 e. The third-order valence-corrected chi connectivity index (χ3v) is 6.54. The van der Waals surface area contributed by atoms with Crippen LogP contribution in [0.3, 0.4) is 0 Å². The van der Waals surface area contributed by atoms with Gasteiger partial charge in [-0.05, 0) is 54.5 Å². The van der Waals surface area contributed by atoms with E-state index < -0.39 is 0 Å². The van der Waals surface area contributed by atoms with Gasteiger partial charge in [0.25, 0.3) is 5.91 Å². The molecule has 27 heavy (non-hydrogen) atoms. The average Bonchev–Trinajstić information content (AvgIpc) is 3.20. The molecule has 0 spiro atoms. The molecular weight excluding hydrogens is 424 g/mol. The van der Waals surface area contributed by atoms with Crippen LogP contribution in [0.5, 0.6) is 0 Å². The second kappa shape index (κ2) is 9.02. The Kier molecular flexibility index (Phi) is 6.71. The van der Waals surface area contributed by atoms with E-state index in [1.54, 1.807) is 11.3 Å². The minimum atomic E-state index is -0.0276. The van der Waals surface area contributed by atoms with Gasteiger partial charge in [0.1, 0.15) is 0 Å². The van der Waals surface area contributed by atoms with Crippen LogP contribution in [0.1, 0.15) is 48.0 Å². The third kappa shape index (κ3) is 4.99. The Morgan fingerprint density at radius 3 is 2.37 bits per heavy atom. The van der Waals surface area contributed by atoms with E-state index in [1.165, 1.54) is 4.88 Å². The van der Waals surface area contributed by atoms with E-state index in [9.17, 15) is 9.59 Å². The molecule has 1 aromatic carbocycles. The van der Waals surface area contributed by atoms with E-state index >= 15 is 0 Å². The maximum atomic E-state index is 12.8. The molecule has 144 valence electrons. The van der Waals surface area contributed by atoms with Gasteiger partial charge in [-0.3, -0.25) is 9.59 Å². The zero-order valence-corrected chi connectivity index (χ0v) is 18.1. The number of hydrogen-bond acceptors (Lipinski definition) is 3. The van der Waals surface area contributed by atoms with E-state index in [4.69, 9.17) is 0 Å². The van der Waals surface area contributed by atoms with E-state index in [-0.39, 0.29) is 23.8 Å². The molecule has 1 aliphatic rings. The zero-order valence-electron chi connectivity index (χ0n) is 15.7. The standard InChI is InChI=1S/C21H25BrN2O2S/c1-14(2)19(18-4-3-13-27-18)23-20(25)15-9-11-24(12-10-15)21(26)16-5-7-17(22)8-6-16/h3-8,13-15,19H,9-12H2,1-2H3,(H,23,25)/t19-/m0/s1. The molecule has 2 amide bonds. The summed E-state index contributed by atoms with van der Waals surface area (Å²) in [6.45, 7) is 5.50. The van der Waals surface area contributed by atoms with Gasteiger partial charge >= 0.3 is 0 Å². The largest absolute Gasteiger partial charge is 0.348 e. The van der Waals surface area contributed by atoms with Crippen LogP contribution in [0.4, 0.5) is 0 Å². The molecule has 0 aliphatic carbocycles. The number of nitrogens with one attached hydrogen (secondary N) is 1. The topological polar surface area (TPSA) is 49.4 Å². The molecule has 0 unspecified atom stereocenters. The molecule has 0 saturated carbocycles. The quantitative estimate of drug-likeness (QED) is 0.708. The van der Waals surface area contributed by atoms with Gasteiger partial charge in [0.05, 0.1) is 6.04 Å². The number of hydrogen-bond donors (Lipinski definition) is 1. The van der Waals surface area contributed by atoms with Crippen LogP contribution in [-0.2, 0) is 4.79 Å². The fraction of sp³-hybridized carbons (Fsp3) is 0.429. The van der Waals surface area contributed by atoms with Crippen molar-refractivity contribution in [1.82, 2.24) is 10.2 Å². The van der Waals surface area contributed by atoms with Crippen molar-refractivity contribution in [3.8, 4) is 0 Å². The number of carbonyl (C=O) groups excluding carboxylic acids is 2. The predicted octanol–water partition coefficient (Wildman–Crippen LogP) is 4.88. The van der Waals surface area contributed by atoms with Crippen molar-refractivity contribution >= 4 is 39.1 Å². The van der Waals surface area contributed by atoms with Gasteiger partial charge in [-0.15, -0.1) is 11.3 Å². The number of benzene rings is 1. The van der Waals surface area contributed by atoms with Crippen molar-refractivity contribution in [3.63, 3.8) is 0 Å². The lowest BCUT2D eigenvalue weighted by Crippen LogP contribution is -2.44. The molecule has 3 rings (SSSR count). The van der Waals surface area contributed by atoms with Gasteiger partial charge < -0.3 is 10.2 Å². The molecule has 1 aromatic heterocycles. The van der Waals surface area contributed by atoms with Crippen LogP contribution < -0.4 is 5.32 Å². The number of piperidine rings is 1. The summed E-state index contributed by atoms with van der Waals surface area (Å²) in [5.41, 5.74) is 0.693. The maximum Gasteiger partial charge on any atom is 0.253 e. The minimum absolute atomic E-state index is 0.0276. The first-order chi connectivity index (χ1) is 13.0. The molecule has 1 fully saturated rings. The fourth-order valence-electron chi connectivity index (χ4n) is 3.43. The summed E-state index contributed by atoms with van der Waals surface area (Å²) in [5, 5.41) is 5.28. The van der Waals surface area contributed by atoms with Crippen LogP contribution >= 0.6 is 27.3 Å². The average molecular weight is 449 g/mol. The van der Waals surface area contributed by atoms with Crippen molar-refractivity contribution in [2.75, 3.05) is 13.1 Å². The number of rotatable bonds is 5. The highest BCUT2D eigenvalue weighted by molar-refractivity contribution is 9.10. The maximum absolute atomic E-state index is 12.8. The molecule has 1 saturated heterocycles. The lowest BCUT2D eigenvalue weighted by Gasteiger charge is -2.32. The second-order valence-electron chi connectivity index (χ2n) is 7.32. The van der Waals surface area contributed by atoms with Gasteiger partial charge in [0, 0.05) is 33.9 Å². The molecule has 0 radical (unpaired) electrons. The van der Waals surface area contributed by atoms with Crippen LogP contribution in [-0.4, -0.2) is 29.8 Å². The summed E-state index contributed by atoms with van der Waals surface area (Å²) < 4.78 is 0.958. The normalized spacial score (nSPS) is 16.4. The Labute approximate surface area is 173 Å². The van der Waals surface area contributed by atoms with Crippen molar-refractivity contribution in [3.05, 3.63) is 56.7 Å². The number of nitrogens with zero attached hydrogens (tertiary/aromatic N) is 1. The van der Waals surface area contributed by atoms with E-state index in [2.05, 4.69) is 41.2 Å². The number of thiophene rings is 1. The van der Waals surface area contributed by atoms with Crippen molar-refractivity contribution in [1.29, 1.82) is 0 Å². The van der Waals surface area contributed by atoms with E-state index in [0.29, 0.717) is 37.4 Å². The Morgan fingerprint density at radius 1 is 1.15 bits per heavy atom. The monoisotopic (exact) mass is 448 g/mol. The molecule has 1 N–H and O–H groups in total. The highest BCUT2D eigenvalue weighted by Gasteiger charge is 2.30. The summed E-state index contributed by atoms with van der Waals surface area (Å²) in [4.78, 5) is 28.4. The Morgan fingerprint density at radius 2 is 1.81 bits per heavy atom. The first-order valence-corrected chi connectivity index (χ1v) is 11.0. The molecule has 2 aromatic rings. The van der Waals surface area contributed by atoms with Crippen LogP contribution in [0, 0.1) is 11.8 Å². The van der Waals surface area contributed by atoms with Gasteiger partial charge in [-0.1, -0.05) is 35.8 Å². The highest BCUT2D eigenvalue weighted by Crippen LogP contribution is 2.27. The Bertz CT molecular complexity index is 766. The van der Waals surface area contributed by atoms with Crippen molar-refractivity contribution in [2.24, 2.45) is 11.8 Å². The van der Waals surface area contributed by atoms with Crippen molar-refractivity contribution < 1.29 is 9.59 Å². The van der Waals surface area contributed by atoms with Gasteiger partial charge in [0.15, 0.2) is 0 Å². The molecule has 4 nitrogen and oxygen atoms in total. The lowest BCUT2D eigenvalue weighted by molar-refractivity contribution is -0.127. The fourth-order valence-corrected chi connectivity index (χ4v) is 4.64. The van der Waals surface area contributed by atoms with Crippen LogP contribution in [0.25, 0.3) is 0 Å². The second-order valence-corrected chi connectivity index (χ2v) is 9.21. The van der Waals surface area contributed by atoms with Crippen LogP contribution in [0.2, 0.25) is 0 Å². The van der Waals surface area contributed by atoms with Crippen molar-refractivity contribution in [2.45, 2.75) is 32.7 Å². The highest BCUT2D eigenvalue weighted by atomic mass is 79.9. The zero-order chi connectivity index (χ0) is 19.4. The third-order valence-electron chi connectivity index (χ3n) is 5.06. The first kappa shape index (κ1) is 20.1. The lowest BCUT2D eigenvalue weighted by atomic mass is 9.94. The molecule has 1 aliphatic heterocycles. The number of carbonyl (C=O) groups is 2. The van der Waals surface area contributed by atoms with Crippen LogP contribution in [0.15, 0.2) is 46.3 Å². The number of halogens is 1.